The third-order valence-electron chi connectivity index (χ3n) is 2.58. The van der Waals surface area contributed by atoms with Crippen LogP contribution in [0.2, 0.25) is 0 Å². The summed E-state index contributed by atoms with van der Waals surface area (Å²) in [6.45, 7) is 5.92. The van der Waals surface area contributed by atoms with Gasteiger partial charge >= 0.3 is 0 Å². The summed E-state index contributed by atoms with van der Waals surface area (Å²) in [7, 11) is 0. The summed E-state index contributed by atoms with van der Waals surface area (Å²) in [6.07, 6.45) is 0.984. The molecule has 16 heavy (non-hydrogen) atoms. The molecule has 1 aromatic rings. The van der Waals surface area contributed by atoms with E-state index in [-0.39, 0.29) is 5.41 Å². The summed E-state index contributed by atoms with van der Waals surface area (Å²) in [5.41, 5.74) is 7.41. The van der Waals surface area contributed by atoms with Crippen molar-refractivity contribution in [1.82, 2.24) is 0 Å². The van der Waals surface area contributed by atoms with Crippen molar-refractivity contribution in [3.8, 4) is 6.07 Å². The van der Waals surface area contributed by atoms with Gasteiger partial charge in [-0.3, -0.25) is 0 Å². The molecule has 0 bridgehead atoms. The zero-order valence-electron chi connectivity index (χ0n) is 9.96. The molecule has 0 saturated carbocycles. The molecule has 1 aromatic carbocycles. The highest BCUT2D eigenvalue weighted by Crippen LogP contribution is 2.20. The second kappa shape index (κ2) is 5.53. The van der Waals surface area contributed by atoms with Crippen LogP contribution in [0.4, 0.5) is 5.69 Å². The van der Waals surface area contributed by atoms with Crippen LogP contribution in [0.15, 0.2) is 24.3 Å². The molecule has 0 fully saturated rings. The molecule has 0 atom stereocenters. The minimum atomic E-state index is 0.178. The Kier molecular flexibility index (Phi) is 4.33. The molecule has 0 heterocycles. The smallest absolute Gasteiger partial charge is 0.0992 e. The minimum absolute atomic E-state index is 0.178. The predicted octanol–water partition coefficient (Wildman–Crippen LogP) is 2.35. The summed E-state index contributed by atoms with van der Waals surface area (Å²) in [4.78, 5) is 0. The molecule has 0 aliphatic heterocycles. The van der Waals surface area contributed by atoms with Crippen LogP contribution in [0.1, 0.15) is 25.8 Å². The fraction of sp³-hybridized carbons (Fsp3) is 0.462. The second-order valence-electron chi connectivity index (χ2n) is 4.75. The molecular formula is C13H19N3. The molecule has 3 heteroatoms. The van der Waals surface area contributed by atoms with Gasteiger partial charge in [0.05, 0.1) is 11.6 Å². The predicted molar refractivity (Wildman–Crippen MR) is 67.1 cm³/mol. The summed E-state index contributed by atoms with van der Waals surface area (Å²) >= 11 is 0. The van der Waals surface area contributed by atoms with Gasteiger partial charge in [-0.1, -0.05) is 19.9 Å². The molecule has 0 saturated heterocycles. The molecular weight excluding hydrogens is 198 g/mol. The Morgan fingerprint density at radius 1 is 1.44 bits per heavy atom. The maximum atomic E-state index is 8.78. The second-order valence-corrected chi connectivity index (χ2v) is 4.75. The van der Waals surface area contributed by atoms with E-state index < -0.39 is 0 Å². The number of nitriles is 1. The van der Waals surface area contributed by atoms with Gasteiger partial charge in [-0.2, -0.15) is 5.26 Å². The highest BCUT2D eigenvalue weighted by atomic mass is 14.9. The molecule has 0 radical (unpaired) electrons. The van der Waals surface area contributed by atoms with E-state index in [0.29, 0.717) is 12.1 Å². The first-order valence-electron chi connectivity index (χ1n) is 5.51. The first-order chi connectivity index (χ1) is 7.57. The van der Waals surface area contributed by atoms with E-state index in [4.69, 9.17) is 11.0 Å². The van der Waals surface area contributed by atoms with Crippen LogP contribution in [0, 0.1) is 16.7 Å². The van der Waals surface area contributed by atoms with E-state index in [9.17, 15) is 0 Å². The lowest BCUT2D eigenvalue weighted by Crippen LogP contribution is -2.26. The van der Waals surface area contributed by atoms with Crippen LogP contribution in [0.5, 0.6) is 0 Å². The number of anilines is 1. The first kappa shape index (κ1) is 12.5. The summed E-state index contributed by atoms with van der Waals surface area (Å²) in [5.74, 6) is 0. The Morgan fingerprint density at radius 3 is 2.81 bits per heavy atom. The van der Waals surface area contributed by atoms with E-state index in [1.165, 1.54) is 0 Å². The zero-order chi connectivity index (χ0) is 12.0. The Labute approximate surface area is 97.3 Å². The van der Waals surface area contributed by atoms with Crippen LogP contribution in [0.25, 0.3) is 0 Å². The Bertz CT molecular complexity index is 377. The number of rotatable bonds is 5. The zero-order valence-corrected chi connectivity index (χ0v) is 9.96. The molecule has 0 aliphatic rings. The van der Waals surface area contributed by atoms with Crippen LogP contribution in [0.3, 0.4) is 0 Å². The van der Waals surface area contributed by atoms with Gasteiger partial charge < -0.3 is 11.1 Å². The third-order valence-corrected chi connectivity index (χ3v) is 2.58. The lowest BCUT2D eigenvalue weighted by Gasteiger charge is -2.24. The van der Waals surface area contributed by atoms with Crippen LogP contribution in [-0.2, 0) is 0 Å². The fourth-order valence-corrected chi connectivity index (χ4v) is 1.52. The van der Waals surface area contributed by atoms with Gasteiger partial charge in [0.2, 0.25) is 0 Å². The van der Waals surface area contributed by atoms with E-state index in [0.717, 1.165) is 18.7 Å². The van der Waals surface area contributed by atoms with E-state index in [2.05, 4.69) is 25.2 Å². The highest BCUT2D eigenvalue weighted by Gasteiger charge is 2.16. The molecule has 1 rings (SSSR count). The maximum absolute atomic E-state index is 8.78. The first-order valence-corrected chi connectivity index (χ1v) is 5.51. The number of hydrogen-bond donors (Lipinski definition) is 2. The molecule has 0 spiro atoms. The lowest BCUT2D eigenvalue weighted by molar-refractivity contribution is 0.365. The van der Waals surface area contributed by atoms with Gasteiger partial charge in [0.25, 0.3) is 0 Å². The van der Waals surface area contributed by atoms with Gasteiger partial charge in [0, 0.05) is 12.2 Å². The van der Waals surface area contributed by atoms with Crippen molar-refractivity contribution in [2.45, 2.75) is 20.3 Å². The average molecular weight is 217 g/mol. The topological polar surface area (TPSA) is 61.8 Å². The van der Waals surface area contributed by atoms with Crippen LogP contribution >= 0.6 is 0 Å². The summed E-state index contributed by atoms with van der Waals surface area (Å²) < 4.78 is 0. The molecule has 3 N–H and O–H groups in total. The molecule has 0 aromatic heterocycles. The number of benzene rings is 1. The Balaban J connectivity index is 2.58. The molecule has 86 valence electrons. The van der Waals surface area contributed by atoms with Crippen molar-refractivity contribution in [3.63, 3.8) is 0 Å². The number of hydrogen-bond acceptors (Lipinski definition) is 3. The van der Waals surface area contributed by atoms with Gasteiger partial charge in [-0.15, -0.1) is 0 Å². The molecule has 0 unspecified atom stereocenters. The summed E-state index contributed by atoms with van der Waals surface area (Å²) in [5, 5.41) is 12.1. The van der Waals surface area contributed by atoms with Crippen molar-refractivity contribution < 1.29 is 0 Å². The Hall–Kier alpha value is -1.53. The van der Waals surface area contributed by atoms with Crippen LogP contribution in [-0.4, -0.2) is 13.1 Å². The van der Waals surface area contributed by atoms with Gasteiger partial charge in [-0.25, -0.2) is 0 Å². The third kappa shape index (κ3) is 3.92. The number of nitrogens with zero attached hydrogens (tertiary/aromatic N) is 1. The fourth-order valence-electron chi connectivity index (χ4n) is 1.52. The normalized spacial score (nSPS) is 10.9. The van der Waals surface area contributed by atoms with Gasteiger partial charge in [-0.05, 0) is 36.6 Å². The highest BCUT2D eigenvalue weighted by molar-refractivity contribution is 5.49. The average Bonchev–Trinajstić information content (AvgIpc) is 2.27. The summed E-state index contributed by atoms with van der Waals surface area (Å²) in [6, 6.07) is 9.65. The van der Waals surface area contributed by atoms with Crippen molar-refractivity contribution in [2.75, 3.05) is 18.4 Å². The van der Waals surface area contributed by atoms with E-state index >= 15 is 0 Å². The van der Waals surface area contributed by atoms with E-state index in [1.807, 2.05) is 18.2 Å². The quantitative estimate of drug-likeness (QED) is 0.795. The number of nitrogens with one attached hydrogen (secondary N) is 1. The van der Waals surface area contributed by atoms with Crippen molar-refractivity contribution in [3.05, 3.63) is 29.8 Å². The van der Waals surface area contributed by atoms with Crippen molar-refractivity contribution in [2.24, 2.45) is 11.1 Å². The largest absolute Gasteiger partial charge is 0.384 e. The molecule has 0 amide bonds. The number of nitrogens with two attached hydrogens (primary N) is 1. The van der Waals surface area contributed by atoms with Gasteiger partial charge in [0.15, 0.2) is 0 Å². The maximum Gasteiger partial charge on any atom is 0.0992 e. The minimum Gasteiger partial charge on any atom is -0.384 e. The van der Waals surface area contributed by atoms with Crippen molar-refractivity contribution >= 4 is 5.69 Å². The van der Waals surface area contributed by atoms with Gasteiger partial charge in [0.1, 0.15) is 0 Å². The standard InChI is InChI=1S/C13H19N3/c1-13(2,6-7-14)10-16-12-5-3-4-11(8-12)9-15/h3-5,8,16H,6-7,10,14H2,1-2H3. The SMILES string of the molecule is CC(C)(CCN)CNc1cccc(C#N)c1. The van der Waals surface area contributed by atoms with E-state index in [1.54, 1.807) is 6.07 Å². The monoisotopic (exact) mass is 217 g/mol. The Morgan fingerprint density at radius 2 is 2.19 bits per heavy atom. The van der Waals surface area contributed by atoms with Crippen LogP contribution < -0.4 is 11.1 Å². The van der Waals surface area contributed by atoms with Crippen molar-refractivity contribution in [1.29, 1.82) is 5.26 Å². The lowest BCUT2D eigenvalue weighted by atomic mass is 9.89. The molecule has 3 nitrogen and oxygen atoms in total. The molecule has 0 aliphatic carbocycles.